The molecule has 2 N–H and O–H groups in total. The van der Waals surface area contributed by atoms with Crippen LogP contribution in [-0.4, -0.2) is 17.4 Å². The molecule has 0 aliphatic heterocycles. The Bertz CT molecular complexity index is 237. The lowest BCUT2D eigenvalue weighted by Crippen LogP contribution is -2.39. The van der Waals surface area contributed by atoms with Gasteiger partial charge in [0.1, 0.15) is 12.3 Å². The third-order valence-corrected chi connectivity index (χ3v) is 1.34. The van der Waals surface area contributed by atoms with Crippen molar-refractivity contribution in [3.05, 3.63) is 18.0 Å². The van der Waals surface area contributed by atoms with Crippen molar-refractivity contribution in [2.24, 2.45) is 5.73 Å². The summed E-state index contributed by atoms with van der Waals surface area (Å²) in [5.41, 5.74) is 5.04. The molecule has 0 radical (unpaired) electrons. The molecule has 1 atom stereocenters. The zero-order valence-electron chi connectivity index (χ0n) is 6.41. The topological polar surface area (TPSA) is 52.0 Å². The van der Waals surface area contributed by atoms with Crippen molar-refractivity contribution in [3.63, 3.8) is 0 Å². The SMILES string of the molecule is Cl.NC(Cc1ccon1)C(F)(F)F. The van der Waals surface area contributed by atoms with Crippen molar-refractivity contribution < 1.29 is 17.7 Å². The average molecular weight is 217 g/mol. The molecule has 1 rings (SSSR count). The van der Waals surface area contributed by atoms with Crippen LogP contribution in [-0.2, 0) is 6.42 Å². The Balaban J connectivity index is 0.00000144. The molecule has 3 nitrogen and oxygen atoms in total. The maximum absolute atomic E-state index is 11.9. The Hall–Kier alpha value is -0.750. The third-order valence-electron chi connectivity index (χ3n) is 1.34. The highest BCUT2D eigenvalue weighted by Crippen LogP contribution is 2.20. The van der Waals surface area contributed by atoms with Crippen LogP contribution in [0.3, 0.4) is 0 Å². The Kier molecular flexibility index (Phi) is 4.22. The number of nitrogens with two attached hydrogens (primary N) is 1. The van der Waals surface area contributed by atoms with Gasteiger partial charge in [-0.15, -0.1) is 12.4 Å². The van der Waals surface area contributed by atoms with E-state index in [0.717, 1.165) is 0 Å². The normalized spacial score (nSPS) is 13.5. The van der Waals surface area contributed by atoms with E-state index in [-0.39, 0.29) is 24.5 Å². The first-order valence-electron chi connectivity index (χ1n) is 3.21. The number of aromatic nitrogens is 1. The van der Waals surface area contributed by atoms with E-state index in [1.165, 1.54) is 12.3 Å². The van der Waals surface area contributed by atoms with E-state index in [4.69, 9.17) is 5.73 Å². The summed E-state index contributed by atoms with van der Waals surface area (Å²) in [7, 11) is 0. The maximum Gasteiger partial charge on any atom is 0.404 e. The van der Waals surface area contributed by atoms with Gasteiger partial charge in [0, 0.05) is 12.5 Å². The summed E-state index contributed by atoms with van der Waals surface area (Å²) < 4.78 is 39.9. The third kappa shape index (κ3) is 3.65. The summed E-state index contributed by atoms with van der Waals surface area (Å²) in [6.07, 6.45) is -3.52. The molecule has 13 heavy (non-hydrogen) atoms. The number of halogens is 4. The molecule has 0 aromatic carbocycles. The van der Waals surface area contributed by atoms with Gasteiger partial charge in [-0.3, -0.25) is 0 Å². The van der Waals surface area contributed by atoms with E-state index in [1.54, 1.807) is 0 Å². The van der Waals surface area contributed by atoms with E-state index in [1.807, 2.05) is 0 Å². The summed E-state index contributed by atoms with van der Waals surface area (Å²) in [5.74, 6) is 0. The van der Waals surface area contributed by atoms with Crippen molar-refractivity contribution in [2.45, 2.75) is 18.6 Å². The maximum atomic E-state index is 11.9. The van der Waals surface area contributed by atoms with E-state index >= 15 is 0 Å². The monoisotopic (exact) mass is 216 g/mol. The van der Waals surface area contributed by atoms with Gasteiger partial charge in [0.2, 0.25) is 0 Å². The van der Waals surface area contributed by atoms with E-state index in [0.29, 0.717) is 0 Å². The minimum atomic E-state index is -4.38. The first kappa shape index (κ1) is 12.2. The number of hydrogen-bond acceptors (Lipinski definition) is 3. The quantitative estimate of drug-likeness (QED) is 0.816. The van der Waals surface area contributed by atoms with Crippen LogP contribution in [0.4, 0.5) is 13.2 Å². The van der Waals surface area contributed by atoms with Crippen molar-refractivity contribution >= 4 is 12.4 Å². The van der Waals surface area contributed by atoms with Gasteiger partial charge in [0.05, 0.1) is 5.69 Å². The molecule has 0 saturated carbocycles. The number of alkyl halides is 3. The lowest BCUT2D eigenvalue weighted by molar-refractivity contribution is -0.147. The Morgan fingerprint density at radius 2 is 2.15 bits per heavy atom. The summed E-state index contributed by atoms with van der Waals surface area (Å²) in [4.78, 5) is 0. The van der Waals surface area contributed by atoms with Crippen LogP contribution in [0.2, 0.25) is 0 Å². The zero-order chi connectivity index (χ0) is 9.19. The number of hydrogen-bond donors (Lipinski definition) is 1. The van der Waals surface area contributed by atoms with Gasteiger partial charge in [-0.25, -0.2) is 0 Å². The van der Waals surface area contributed by atoms with Crippen LogP contribution in [0.15, 0.2) is 16.9 Å². The van der Waals surface area contributed by atoms with Gasteiger partial charge in [0.15, 0.2) is 0 Å². The van der Waals surface area contributed by atoms with Gasteiger partial charge >= 0.3 is 6.18 Å². The second-order valence-corrected chi connectivity index (χ2v) is 2.34. The molecule has 7 heteroatoms. The van der Waals surface area contributed by atoms with Crippen molar-refractivity contribution in [2.75, 3.05) is 0 Å². The Morgan fingerprint density at radius 3 is 2.54 bits per heavy atom. The van der Waals surface area contributed by atoms with Crippen LogP contribution in [0.25, 0.3) is 0 Å². The number of nitrogens with zero attached hydrogens (tertiary/aromatic N) is 1. The molecule has 1 aromatic heterocycles. The van der Waals surface area contributed by atoms with Crippen molar-refractivity contribution in [1.29, 1.82) is 0 Å². The molecule has 0 aliphatic carbocycles. The lowest BCUT2D eigenvalue weighted by atomic mass is 10.2. The van der Waals surface area contributed by atoms with Gasteiger partial charge < -0.3 is 10.3 Å². The molecule has 1 unspecified atom stereocenters. The molecular weight excluding hydrogens is 209 g/mol. The molecule has 0 bridgehead atoms. The zero-order valence-corrected chi connectivity index (χ0v) is 7.23. The fourth-order valence-corrected chi connectivity index (χ4v) is 0.684. The fraction of sp³-hybridized carbons (Fsp3) is 0.500. The highest BCUT2D eigenvalue weighted by Gasteiger charge is 2.36. The van der Waals surface area contributed by atoms with E-state index in [9.17, 15) is 13.2 Å². The molecule has 0 spiro atoms. The van der Waals surface area contributed by atoms with Gasteiger partial charge in [-0.1, -0.05) is 5.16 Å². The first-order chi connectivity index (χ1) is 5.50. The second kappa shape index (κ2) is 4.48. The van der Waals surface area contributed by atoms with E-state index in [2.05, 4.69) is 9.68 Å². The molecular formula is C6H8ClF3N2O. The summed E-state index contributed by atoms with van der Waals surface area (Å²) in [6, 6.07) is -0.520. The number of rotatable bonds is 2. The smallest absolute Gasteiger partial charge is 0.365 e. The highest BCUT2D eigenvalue weighted by molar-refractivity contribution is 5.85. The summed E-state index contributed by atoms with van der Waals surface area (Å²) in [6.45, 7) is 0. The summed E-state index contributed by atoms with van der Waals surface area (Å²) >= 11 is 0. The van der Waals surface area contributed by atoms with Crippen molar-refractivity contribution in [3.8, 4) is 0 Å². The molecule has 76 valence electrons. The Morgan fingerprint density at radius 1 is 1.54 bits per heavy atom. The molecule has 0 saturated heterocycles. The minimum Gasteiger partial charge on any atom is -0.365 e. The molecule has 0 amide bonds. The highest BCUT2D eigenvalue weighted by atomic mass is 35.5. The van der Waals surface area contributed by atoms with Crippen LogP contribution in [0.1, 0.15) is 5.69 Å². The second-order valence-electron chi connectivity index (χ2n) is 2.34. The van der Waals surface area contributed by atoms with Crippen LogP contribution in [0, 0.1) is 0 Å². The van der Waals surface area contributed by atoms with Crippen LogP contribution < -0.4 is 5.73 Å². The minimum absolute atomic E-state index is 0. The summed E-state index contributed by atoms with van der Waals surface area (Å²) in [5, 5.41) is 3.31. The molecule has 1 aromatic rings. The Labute approximate surface area is 78.5 Å². The largest absolute Gasteiger partial charge is 0.404 e. The molecule has 0 aliphatic rings. The van der Waals surface area contributed by atoms with E-state index < -0.39 is 12.2 Å². The predicted octanol–water partition coefficient (Wildman–Crippen LogP) is 1.53. The van der Waals surface area contributed by atoms with Crippen molar-refractivity contribution in [1.82, 2.24) is 5.16 Å². The predicted molar refractivity (Wildman–Crippen MR) is 41.5 cm³/mol. The van der Waals surface area contributed by atoms with Gasteiger partial charge in [-0.2, -0.15) is 13.2 Å². The standard InChI is InChI=1S/C6H7F3N2O.ClH/c7-6(8,9)5(10)3-4-1-2-12-11-4;/h1-2,5H,3,10H2;1H. The lowest BCUT2D eigenvalue weighted by Gasteiger charge is -2.13. The first-order valence-corrected chi connectivity index (χ1v) is 3.21. The molecule has 0 fully saturated rings. The van der Waals surface area contributed by atoms with Gasteiger partial charge in [-0.05, 0) is 0 Å². The molecule has 1 heterocycles. The fourth-order valence-electron chi connectivity index (χ4n) is 0.684. The average Bonchev–Trinajstić information content (AvgIpc) is 2.37. The van der Waals surface area contributed by atoms with Crippen LogP contribution >= 0.6 is 12.4 Å². The van der Waals surface area contributed by atoms with Crippen LogP contribution in [0.5, 0.6) is 0 Å². The van der Waals surface area contributed by atoms with Gasteiger partial charge in [0.25, 0.3) is 0 Å².